The molecule has 6 nitrogen and oxygen atoms in total. The van der Waals surface area contributed by atoms with Gasteiger partial charge in [-0.15, -0.1) is 0 Å². The second-order valence-electron chi connectivity index (χ2n) is 6.27. The van der Waals surface area contributed by atoms with Crippen LogP contribution in [0.25, 0.3) is 0 Å². The maximum Gasteiger partial charge on any atom is 0.268 e. The number of rotatable bonds is 5. The normalized spacial score (nSPS) is 13.2. The summed E-state index contributed by atoms with van der Waals surface area (Å²) in [5.41, 5.74) is 3.14. The summed E-state index contributed by atoms with van der Waals surface area (Å²) in [6.07, 6.45) is 2.12. The number of nitrogens with one attached hydrogen (secondary N) is 3. The first-order chi connectivity index (χ1) is 12.5. The zero-order chi connectivity index (χ0) is 18.7. The maximum atomic E-state index is 12.4. The third-order valence-electron chi connectivity index (χ3n) is 4.47. The number of Topliss-reactive ketones (excluding diaryl/α,β-unsaturated/α-hetero) is 1. The van der Waals surface area contributed by atoms with Gasteiger partial charge in [0.05, 0.1) is 0 Å². The third-order valence-corrected chi connectivity index (χ3v) is 4.72. The van der Waals surface area contributed by atoms with Gasteiger partial charge >= 0.3 is 0 Å². The van der Waals surface area contributed by atoms with Crippen LogP contribution in [0.15, 0.2) is 24.3 Å². The summed E-state index contributed by atoms with van der Waals surface area (Å²) in [4.78, 5) is 39.5. The number of hydrogen-bond donors (Lipinski definition) is 3. The minimum atomic E-state index is -0.273. The minimum absolute atomic E-state index is 0.0919. The second-order valence-corrected chi connectivity index (χ2v) is 6.71. The Bertz CT molecular complexity index is 856. The molecular formula is C19H20ClN3O3. The molecule has 2 amide bonds. The number of ketones is 1. The number of fused-ring (bicyclic) bond motifs is 1. The van der Waals surface area contributed by atoms with Crippen LogP contribution in [-0.2, 0) is 6.42 Å². The molecule has 0 saturated heterocycles. The standard InChI is InChI=1S/C19H20ClN3O3/c1-11-16-14(3-2-4-15(16)24)23-17(11)19(26)22-10-9-21-18(25)12-5-7-13(20)8-6-12/h5-8,23H,2-4,9-10H2,1H3,(H,21,25)(H,22,26). The molecule has 136 valence electrons. The van der Waals surface area contributed by atoms with Crippen molar-refractivity contribution in [1.82, 2.24) is 15.6 Å². The van der Waals surface area contributed by atoms with Gasteiger partial charge in [0.25, 0.3) is 11.8 Å². The molecule has 7 heteroatoms. The van der Waals surface area contributed by atoms with E-state index < -0.39 is 0 Å². The summed E-state index contributed by atoms with van der Waals surface area (Å²) in [7, 11) is 0. The first-order valence-electron chi connectivity index (χ1n) is 8.54. The largest absolute Gasteiger partial charge is 0.354 e. The van der Waals surface area contributed by atoms with Gasteiger partial charge in [-0.05, 0) is 49.6 Å². The second kappa shape index (κ2) is 7.74. The summed E-state index contributed by atoms with van der Waals surface area (Å²) in [5, 5.41) is 6.06. The van der Waals surface area contributed by atoms with E-state index in [0.29, 0.717) is 40.4 Å². The van der Waals surface area contributed by atoms with Gasteiger partial charge in [0, 0.05) is 41.4 Å². The molecule has 1 heterocycles. The van der Waals surface area contributed by atoms with E-state index in [1.165, 1.54) is 0 Å². The van der Waals surface area contributed by atoms with Crippen LogP contribution in [0.4, 0.5) is 0 Å². The lowest BCUT2D eigenvalue weighted by atomic mass is 9.94. The van der Waals surface area contributed by atoms with Crippen molar-refractivity contribution >= 4 is 29.2 Å². The lowest BCUT2D eigenvalue weighted by Gasteiger charge is -2.09. The van der Waals surface area contributed by atoms with E-state index in [2.05, 4.69) is 15.6 Å². The van der Waals surface area contributed by atoms with Crippen LogP contribution in [0.1, 0.15) is 55.3 Å². The zero-order valence-corrected chi connectivity index (χ0v) is 15.2. The van der Waals surface area contributed by atoms with Crippen LogP contribution < -0.4 is 10.6 Å². The van der Waals surface area contributed by atoms with Crippen molar-refractivity contribution in [2.75, 3.05) is 13.1 Å². The van der Waals surface area contributed by atoms with Crippen LogP contribution in [0.2, 0.25) is 5.02 Å². The topological polar surface area (TPSA) is 91.1 Å². The molecule has 0 fully saturated rings. The molecule has 3 N–H and O–H groups in total. The molecule has 1 aromatic heterocycles. The molecule has 1 aromatic carbocycles. The molecule has 0 radical (unpaired) electrons. The first kappa shape index (κ1) is 18.2. The number of carbonyl (C=O) groups excluding carboxylic acids is 3. The smallest absolute Gasteiger partial charge is 0.268 e. The van der Waals surface area contributed by atoms with Gasteiger partial charge in [-0.25, -0.2) is 0 Å². The fraction of sp³-hybridized carbons (Fsp3) is 0.316. The molecule has 0 unspecified atom stereocenters. The van der Waals surface area contributed by atoms with Gasteiger partial charge in [0.2, 0.25) is 0 Å². The number of aromatic nitrogens is 1. The first-order valence-corrected chi connectivity index (χ1v) is 8.91. The lowest BCUT2D eigenvalue weighted by molar-refractivity contribution is 0.0925. The monoisotopic (exact) mass is 373 g/mol. The molecule has 3 rings (SSSR count). The highest BCUT2D eigenvalue weighted by Gasteiger charge is 2.26. The quantitative estimate of drug-likeness (QED) is 0.703. The maximum absolute atomic E-state index is 12.4. The number of H-pyrrole nitrogens is 1. The Morgan fingerprint density at radius 2 is 1.73 bits per heavy atom. The van der Waals surface area contributed by atoms with Crippen molar-refractivity contribution in [3.8, 4) is 0 Å². The number of carbonyl (C=O) groups is 3. The van der Waals surface area contributed by atoms with Gasteiger partial charge in [-0.3, -0.25) is 14.4 Å². The van der Waals surface area contributed by atoms with Crippen molar-refractivity contribution in [2.45, 2.75) is 26.2 Å². The Balaban J connectivity index is 1.53. The molecule has 0 aliphatic heterocycles. The Morgan fingerprint density at radius 1 is 1.08 bits per heavy atom. The zero-order valence-electron chi connectivity index (χ0n) is 14.4. The highest BCUT2D eigenvalue weighted by molar-refractivity contribution is 6.30. The predicted octanol–water partition coefficient (Wildman–Crippen LogP) is 2.66. The number of aryl methyl sites for hydroxylation is 1. The van der Waals surface area contributed by atoms with E-state index in [1.807, 2.05) is 0 Å². The lowest BCUT2D eigenvalue weighted by Crippen LogP contribution is -2.35. The number of aromatic amines is 1. The molecule has 0 spiro atoms. The molecular weight excluding hydrogens is 354 g/mol. The van der Waals surface area contributed by atoms with Crippen molar-refractivity contribution in [1.29, 1.82) is 0 Å². The van der Waals surface area contributed by atoms with Crippen molar-refractivity contribution < 1.29 is 14.4 Å². The van der Waals surface area contributed by atoms with Crippen molar-refractivity contribution in [2.24, 2.45) is 0 Å². The van der Waals surface area contributed by atoms with E-state index >= 15 is 0 Å². The van der Waals surface area contributed by atoms with Gasteiger partial charge < -0.3 is 15.6 Å². The van der Waals surface area contributed by atoms with Gasteiger partial charge in [0.15, 0.2) is 5.78 Å². The number of hydrogen-bond acceptors (Lipinski definition) is 3. The summed E-state index contributed by atoms with van der Waals surface area (Å²) >= 11 is 5.79. The highest BCUT2D eigenvalue weighted by Crippen LogP contribution is 2.26. The molecule has 26 heavy (non-hydrogen) atoms. The van der Waals surface area contributed by atoms with E-state index in [4.69, 9.17) is 11.6 Å². The predicted molar refractivity (Wildman–Crippen MR) is 98.9 cm³/mol. The van der Waals surface area contributed by atoms with Gasteiger partial charge in [-0.2, -0.15) is 0 Å². The fourth-order valence-corrected chi connectivity index (χ4v) is 3.27. The Morgan fingerprint density at radius 3 is 2.38 bits per heavy atom. The summed E-state index contributed by atoms with van der Waals surface area (Å²) in [5.74, 6) is -0.409. The molecule has 0 bridgehead atoms. The molecule has 0 saturated carbocycles. The summed E-state index contributed by atoms with van der Waals surface area (Å²) in [6, 6.07) is 6.57. The van der Waals surface area contributed by atoms with Crippen molar-refractivity contribution in [3.05, 3.63) is 57.4 Å². The third kappa shape index (κ3) is 3.80. The van der Waals surface area contributed by atoms with Crippen LogP contribution in [0.3, 0.4) is 0 Å². The van der Waals surface area contributed by atoms with E-state index in [1.54, 1.807) is 31.2 Å². The van der Waals surface area contributed by atoms with Crippen LogP contribution in [0, 0.1) is 6.92 Å². The number of amides is 2. The summed E-state index contributed by atoms with van der Waals surface area (Å²) < 4.78 is 0. The van der Waals surface area contributed by atoms with Crippen LogP contribution >= 0.6 is 11.6 Å². The van der Waals surface area contributed by atoms with Crippen molar-refractivity contribution in [3.63, 3.8) is 0 Å². The average molecular weight is 374 g/mol. The van der Waals surface area contributed by atoms with Crippen LogP contribution in [0.5, 0.6) is 0 Å². The fourth-order valence-electron chi connectivity index (χ4n) is 3.14. The Hall–Kier alpha value is -2.60. The van der Waals surface area contributed by atoms with E-state index in [-0.39, 0.29) is 24.1 Å². The molecule has 1 aliphatic carbocycles. The van der Waals surface area contributed by atoms with Crippen LogP contribution in [-0.4, -0.2) is 35.7 Å². The molecule has 1 aliphatic rings. The number of benzene rings is 1. The Kier molecular flexibility index (Phi) is 5.42. The molecule has 0 atom stereocenters. The minimum Gasteiger partial charge on any atom is -0.354 e. The highest BCUT2D eigenvalue weighted by atomic mass is 35.5. The van der Waals surface area contributed by atoms with Gasteiger partial charge in [-0.1, -0.05) is 11.6 Å². The Labute approximate surface area is 156 Å². The average Bonchev–Trinajstić information content (AvgIpc) is 2.97. The van der Waals surface area contributed by atoms with Gasteiger partial charge in [0.1, 0.15) is 5.69 Å². The number of halogens is 1. The van der Waals surface area contributed by atoms with E-state index in [9.17, 15) is 14.4 Å². The SMILES string of the molecule is Cc1c(C(=O)NCCNC(=O)c2ccc(Cl)cc2)[nH]c2c1C(=O)CCC2. The molecule has 2 aromatic rings. The van der Waals surface area contributed by atoms with E-state index in [0.717, 1.165) is 18.5 Å². The summed E-state index contributed by atoms with van der Waals surface area (Å²) in [6.45, 7) is 2.37.